The van der Waals surface area contributed by atoms with E-state index < -0.39 is 0 Å². The summed E-state index contributed by atoms with van der Waals surface area (Å²) in [7, 11) is 6.37. The second-order valence-electron chi connectivity index (χ2n) is 3.82. The first kappa shape index (κ1) is 9.96. The van der Waals surface area contributed by atoms with Gasteiger partial charge >= 0.3 is 0 Å². The molecule has 12 heavy (non-hydrogen) atoms. The highest BCUT2D eigenvalue weighted by Crippen LogP contribution is 2.12. The zero-order valence-electron chi connectivity index (χ0n) is 8.51. The number of hydrogen-bond donors (Lipinski definition) is 1. The monoisotopic (exact) mass is 171 g/mol. The fraction of sp³-hybridized carbons (Fsp3) is 1.00. The van der Waals surface area contributed by atoms with Crippen LogP contribution in [0.1, 0.15) is 12.8 Å². The second kappa shape index (κ2) is 4.80. The molecular weight excluding hydrogens is 150 g/mol. The van der Waals surface area contributed by atoms with Crippen molar-refractivity contribution < 1.29 is 0 Å². The maximum Gasteiger partial charge on any atom is 0.0478 e. The van der Waals surface area contributed by atoms with Gasteiger partial charge < -0.3 is 10.2 Å². The van der Waals surface area contributed by atoms with Gasteiger partial charge in [-0.15, -0.1) is 0 Å². The first-order valence-electron chi connectivity index (χ1n) is 4.77. The molecular formula is C9H21N3. The first-order valence-corrected chi connectivity index (χ1v) is 4.77. The lowest BCUT2D eigenvalue weighted by Gasteiger charge is -2.34. The van der Waals surface area contributed by atoms with Crippen LogP contribution in [0.3, 0.4) is 0 Å². The fourth-order valence-corrected chi connectivity index (χ4v) is 1.82. The van der Waals surface area contributed by atoms with Gasteiger partial charge in [0.25, 0.3) is 0 Å². The average molecular weight is 171 g/mol. The van der Waals surface area contributed by atoms with Gasteiger partial charge in [-0.05, 0) is 34.0 Å². The van der Waals surface area contributed by atoms with Gasteiger partial charge in [0.05, 0.1) is 0 Å². The summed E-state index contributed by atoms with van der Waals surface area (Å²) < 4.78 is 0. The third-order valence-corrected chi connectivity index (χ3v) is 2.67. The number of hydrogen-bond acceptors (Lipinski definition) is 3. The van der Waals surface area contributed by atoms with Gasteiger partial charge in [-0.2, -0.15) is 0 Å². The van der Waals surface area contributed by atoms with Crippen LogP contribution in [0.5, 0.6) is 0 Å². The van der Waals surface area contributed by atoms with Gasteiger partial charge in [0.2, 0.25) is 0 Å². The minimum Gasteiger partial charge on any atom is -0.307 e. The Morgan fingerprint density at radius 2 is 1.92 bits per heavy atom. The van der Waals surface area contributed by atoms with Crippen molar-refractivity contribution in [1.82, 2.24) is 15.1 Å². The molecule has 1 rings (SSSR count). The Kier molecular flexibility index (Phi) is 3.98. The van der Waals surface area contributed by atoms with Crippen LogP contribution in [0, 0.1) is 0 Å². The van der Waals surface area contributed by atoms with E-state index in [1.165, 1.54) is 25.9 Å². The summed E-state index contributed by atoms with van der Waals surface area (Å²) in [6.07, 6.45) is 2.63. The minimum atomic E-state index is 0.804. The number of nitrogens with zero attached hydrogens (tertiary/aromatic N) is 2. The predicted octanol–water partition coefficient (Wildman–Crippen LogP) is 0.189. The maximum absolute atomic E-state index is 3.19. The molecule has 1 aliphatic rings. The molecule has 1 aliphatic heterocycles. The SMILES string of the molecule is CNCN1CCC(N(C)C)CC1. The van der Waals surface area contributed by atoms with E-state index in [1.807, 2.05) is 7.05 Å². The van der Waals surface area contributed by atoms with Crippen LogP contribution < -0.4 is 5.32 Å². The Morgan fingerprint density at radius 3 is 2.33 bits per heavy atom. The number of rotatable bonds is 3. The van der Waals surface area contributed by atoms with Crippen molar-refractivity contribution in [3.05, 3.63) is 0 Å². The van der Waals surface area contributed by atoms with E-state index in [2.05, 4.69) is 29.2 Å². The molecule has 0 atom stereocenters. The molecule has 1 N–H and O–H groups in total. The van der Waals surface area contributed by atoms with Crippen LogP contribution in [-0.2, 0) is 0 Å². The normalized spacial score (nSPS) is 22.0. The van der Waals surface area contributed by atoms with E-state index >= 15 is 0 Å². The van der Waals surface area contributed by atoms with Gasteiger partial charge in [-0.25, -0.2) is 0 Å². The number of piperidine rings is 1. The van der Waals surface area contributed by atoms with Gasteiger partial charge in [-0.3, -0.25) is 4.90 Å². The highest BCUT2D eigenvalue weighted by atomic mass is 15.2. The van der Waals surface area contributed by atoms with Crippen LogP contribution in [0.15, 0.2) is 0 Å². The Labute approximate surface area is 75.7 Å². The Morgan fingerprint density at radius 1 is 1.33 bits per heavy atom. The van der Waals surface area contributed by atoms with Crippen molar-refractivity contribution >= 4 is 0 Å². The lowest BCUT2D eigenvalue weighted by atomic mass is 10.0. The van der Waals surface area contributed by atoms with Crippen molar-refractivity contribution in [2.24, 2.45) is 0 Å². The largest absolute Gasteiger partial charge is 0.307 e. The van der Waals surface area contributed by atoms with E-state index in [1.54, 1.807) is 0 Å². The van der Waals surface area contributed by atoms with E-state index in [9.17, 15) is 0 Å². The molecule has 0 spiro atoms. The molecule has 0 aromatic heterocycles. The summed E-state index contributed by atoms with van der Waals surface area (Å²) in [5, 5.41) is 3.19. The summed E-state index contributed by atoms with van der Waals surface area (Å²) in [5.41, 5.74) is 0. The average Bonchev–Trinajstić information content (AvgIpc) is 2.06. The van der Waals surface area contributed by atoms with Gasteiger partial charge in [-0.1, -0.05) is 0 Å². The molecule has 0 amide bonds. The van der Waals surface area contributed by atoms with Gasteiger partial charge in [0, 0.05) is 25.8 Å². The molecule has 1 saturated heterocycles. The molecule has 0 aliphatic carbocycles. The van der Waals surface area contributed by atoms with Gasteiger partial charge in [0.15, 0.2) is 0 Å². The van der Waals surface area contributed by atoms with Crippen LogP contribution in [0.2, 0.25) is 0 Å². The van der Waals surface area contributed by atoms with Crippen LogP contribution >= 0.6 is 0 Å². The summed E-state index contributed by atoms with van der Waals surface area (Å²) in [6, 6.07) is 0.804. The van der Waals surface area contributed by atoms with Crippen LogP contribution in [0.4, 0.5) is 0 Å². The lowest BCUT2D eigenvalue weighted by molar-refractivity contribution is 0.140. The summed E-state index contributed by atoms with van der Waals surface area (Å²) >= 11 is 0. The zero-order valence-corrected chi connectivity index (χ0v) is 8.51. The summed E-state index contributed by atoms with van der Waals surface area (Å²) in [6.45, 7) is 3.52. The molecule has 3 heteroatoms. The third-order valence-electron chi connectivity index (χ3n) is 2.67. The molecule has 0 aromatic carbocycles. The topological polar surface area (TPSA) is 18.5 Å². The predicted molar refractivity (Wildman–Crippen MR) is 52.2 cm³/mol. The summed E-state index contributed by atoms with van der Waals surface area (Å²) in [5.74, 6) is 0. The lowest BCUT2D eigenvalue weighted by Crippen LogP contribution is -2.44. The molecule has 72 valence electrons. The van der Waals surface area contributed by atoms with Crippen molar-refractivity contribution in [2.75, 3.05) is 40.9 Å². The third kappa shape index (κ3) is 2.73. The van der Waals surface area contributed by atoms with E-state index in [0.717, 1.165) is 12.7 Å². The Bertz CT molecular complexity index is 117. The van der Waals surface area contributed by atoms with Gasteiger partial charge in [0.1, 0.15) is 0 Å². The van der Waals surface area contributed by atoms with Crippen LogP contribution in [-0.4, -0.2) is 56.7 Å². The Hall–Kier alpha value is -0.120. The van der Waals surface area contributed by atoms with E-state index in [-0.39, 0.29) is 0 Å². The van der Waals surface area contributed by atoms with Crippen molar-refractivity contribution in [1.29, 1.82) is 0 Å². The fourth-order valence-electron chi connectivity index (χ4n) is 1.82. The van der Waals surface area contributed by atoms with Crippen LogP contribution in [0.25, 0.3) is 0 Å². The first-order chi connectivity index (χ1) is 5.74. The molecule has 0 saturated carbocycles. The molecule has 0 aromatic rings. The second-order valence-corrected chi connectivity index (χ2v) is 3.82. The smallest absolute Gasteiger partial charge is 0.0478 e. The molecule has 0 bridgehead atoms. The minimum absolute atomic E-state index is 0.804. The highest BCUT2D eigenvalue weighted by Gasteiger charge is 2.19. The standard InChI is InChI=1S/C9H21N3/c1-10-8-12-6-4-9(5-7-12)11(2)3/h9-10H,4-8H2,1-3H3. The highest BCUT2D eigenvalue weighted by molar-refractivity contribution is 4.75. The number of nitrogens with one attached hydrogen (secondary N) is 1. The quantitative estimate of drug-likeness (QED) is 0.654. The molecule has 3 nitrogen and oxygen atoms in total. The van der Waals surface area contributed by atoms with E-state index in [0.29, 0.717) is 0 Å². The molecule has 1 fully saturated rings. The van der Waals surface area contributed by atoms with Crippen molar-refractivity contribution in [2.45, 2.75) is 18.9 Å². The zero-order chi connectivity index (χ0) is 8.97. The maximum atomic E-state index is 3.19. The van der Waals surface area contributed by atoms with Crippen molar-refractivity contribution in [3.8, 4) is 0 Å². The van der Waals surface area contributed by atoms with E-state index in [4.69, 9.17) is 0 Å². The molecule has 0 radical (unpaired) electrons. The Balaban J connectivity index is 2.20. The molecule has 1 heterocycles. The number of likely N-dealkylation sites (tertiary alicyclic amines) is 1. The summed E-state index contributed by atoms with van der Waals surface area (Å²) in [4.78, 5) is 4.82. The molecule has 0 unspecified atom stereocenters. The van der Waals surface area contributed by atoms with Crippen molar-refractivity contribution in [3.63, 3.8) is 0 Å².